The van der Waals surface area contributed by atoms with Gasteiger partial charge >= 0.3 is 0 Å². The van der Waals surface area contributed by atoms with Crippen molar-refractivity contribution < 1.29 is 17.9 Å². The molecule has 1 N–H and O–H groups in total. The number of aromatic nitrogens is 1. The Morgan fingerprint density at radius 3 is 2.38 bits per heavy atom. The number of rotatable bonds is 6. The SMILES string of the molecule is CC(C)COc1ncc(-c2ccc(C(=O)NS(C)(=O)=O)c(Cl)c2)cc1Cl. The van der Waals surface area contributed by atoms with Gasteiger partial charge in [0.15, 0.2) is 0 Å². The third-order valence-electron chi connectivity index (χ3n) is 3.19. The maximum Gasteiger partial charge on any atom is 0.266 e. The lowest BCUT2D eigenvalue weighted by Gasteiger charge is -2.11. The van der Waals surface area contributed by atoms with E-state index in [4.69, 9.17) is 27.9 Å². The van der Waals surface area contributed by atoms with Crippen LogP contribution < -0.4 is 9.46 Å². The van der Waals surface area contributed by atoms with Gasteiger partial charge in [-0.15, -0.1) is 0 Å². The highest BCUT2D eigenvalue weighted by molar-refractivity contribution is 7.89. The summed E-state index contributed by atoms with van der Waals surface area (Å²) >= 11 is 12.3. The van der Waals surface area contributed by atoms with E-state index in [2.05, 4.69) is 4.98 Å². The van der Waals surface area contributed by atoms with Crippen LogP contribution in [0, 0.1) is 5.92 Å². The van der Waals surface area contributed by atoms with Crippen molar-refractivity contribution in [3.63, 3.8) is 0 Å². The van der Waals surface area contributed by atoms with Crippen molar-refractivity contribution in [3.05, 3.63) is 46.1 Å². The molecule has 0 saturated heterocycles. The number of pyridine rings is 1. The van der Waals surface area contributed by atoms with E-state index in [0.717, 1.165) is 6.26 Å². The van der Waals surface area contributed by atoms with Gasteiger partial charge in [0.1, 0.15) is 5.02 Å². The van der Waals surface area contributed by atoms with E-state index in [9.17, 15) is 13.2 Å². The summed E-state index contributed by atoms with van der Waals surface area (Å²) in [6, 6.07) is 6.30. The Labute approximate surface area is 162 Å². The van der Waals surface area contributed by atoms with Crippen molar-refractivity contribution in [2.75, 3.05) is 12.9 Å². The van der Waals surface area contributed by atoms with Crippen molar-refractivity contribution in [2.24, 2.45) is 5.92 Å². The predicted molar refractivity (Wildman–Crippen MR) is 102 cm³/mol. The van der Waals surface area contributed by atoms with Crippen LogP contribution in [-0.2, 0) is 10.0 Å². The number of sulfonamides is 1. The molecule has 1 aromatic carbocycles. The molecule has 0 fully saturated rings. The number of hydrogen-bond donors (Lipinski definition) is 1. The molecule has 0 aliphatic heterocycles. The third kappa shape index (κ3) is 5.59. The molecule has 2 rings (SSSR count). The summed E-state index contributed by atoms with van der Waals surface area (Å²) in [5, 5.41) is 0.470. The van der Waals surface area contributed by atoms with Crippen LogP contribution in [0.1, 0.15) is 24.2 Å². The van der Waals surface area contributed by atoms with Gasteiger partial charge in [0.2, 0.25) is 15.9 Å². The van der Waals surface area contributed by atoms with Gasteiger partial charge in [0, 0.05) is 11.8 Å². The van der Waals surface area contributed by atoms with Gasteiger partial charge in [0.05, 0.1) is 23.4 Å². The number of benzene rings is 1. The van der Waals surface area contributed by atoms with Crippen LogP contribution in [0.4, 0.5) is 0 Å². The van der Waals surface area contributed by atoms with Crippen LogP contribution in [-0.4, -0.2) is 32.2 Å². The van der Waals surface area contributed by atoms with E-state index in [0.29, 0.717) is 34.6 Å². The molecule has 140 valence electrons. The Hall–Kier alpha value is -1.83. The fraction of sp³-hybridized carbons (Fsp3) is 0.294. The first-order valence-electron chi connectivity index (χ1n) is 7.67. The highest BCUT2D eigenvalue weighted by Crippen LogP contribution is 2.30. The molecule has 2 aromatic rings. The lowest BCUT2D eigenvalue weighted by atomic mass is 10.1. The molecule has 0 unspecified atom stereocenters. The molecule has 0 aliphatic rings. The highest BCUT2D eigenvalue weighted by Gasteiger charge is 2.16. The highest BCUT2D eigenvalue weighted by atomic mass is 35.5. The quantitative estimate of drug-likeness (QED) is 0.773. The number of halogens is 2. The second-order valence-electron chi connectivity index (χ2n) is 6.11. The zero-order valence-corrected chi connectivity index (χ0v) is 16.7. The second-order valence-corrected chi connectivity index (χ2v) is 8.68. The van der Waals surface area contributed by atoms with E-state index < -0.39 is 15.9 Å². The lowest BCUT2D eigenvalue weighted by Crippen LogP contribution is -2.29. The fourth-order valence-corrected chi connectivity index (χ4v) is 2.97. The Bertz CT molecular complexity index is 930. The Kier molecular flexibility index (Phi) is 6.49. The summed E-state index contributed by atoms with van der Waals surface area (Å²) in [7, 11) is -3.67. The topological polar surface area (TPSA) is 85.4 Å². The van der Waals surface area contributed by atoms with Crippen LogP contribution in [0.2, 0.25) is 10.0 Å². The molecule has 0 radical (unpaired) electrons. The fourth-order valence-electron chi connectivity index (χ4n) is 2.04. The molecule has 0 saturated carbocycles. The minimum Gasteiger partial charge on any atom is -0.476 e. The number of carbonyl (C=O) groups is 1. The monoisotopic (exact) mass is 416 g/mol. The first kappa shape index (κ1) is 20.5. The Morgan fingerprint density at radius 1 is 1.19 bits per heavy atom. The minimum atomic E-state index is -3.67. The smallest absolute Gasteiger partial charge is 0.266 e. The first-order valence-corrected chi connectivity index (χ1v) is 10.3. The number of amides is 1. The normalized spacial score (nSPS) is 11.5. The summed E-state index contributed by atoms with van der Waals surface area (Å²) in [6.45, 7) is 4.54. The molecule has 0 aliphatic carbocycles. The average molecular weight is 417 g/mol. The van der Waals surface area contributed by atoms with Crippen LogP contribution >= 0.6 is 23.2 Å². The van der Waals surface area contributed by atoms with E-state index in [1.54, 1.807) is 24.4 Å². The zero-order valence-electron chi connectivity index (χ0n) is 14.4. The summed E-state index contributed by atoms with van der Waals surface area (Å²) in [6.07, 6.45) is 2.48. The number of hydrogen-bond acceptors (Lipinski definition) is 5. The number of ether oxygens (including phenoxy) is 1. The molecule has 0 atom stereocenters. The largest absolute Gasteiger partial charge is 0.476 e. The number of nitrogens with zero attached hydrogens (tertiary/aromatic N) is 1. The van der Waals surface area contributed by atoms with Crippen LogP contribution in [0.25, 0.3) is 11.1 Å². The average Bonchev–Trinajstić information content (AvgIpc) is 2.51. The van der Waals surface area contributed by atoms with E-state index in [1.165, 1.54) is 6.07 Å². The lowest BCUT2D eigenvalue weighted by molar-refractivity contribution is 0.0982. The third-order valence-corrected chi connectivity index (χ3v) is 4.33. The molecule has 6 nitrogen and oxygen atoms in total. The maximum absolute atomic E-state index is 11.9. The molecule has 1 aromatic heterocycles. The van der Waals surface area contributed by atoms with Crippen LogP contribution in [0.15, 0.2) is 30.5 Å². The van der Waals surface area contributed by atoms with Gasteiger partial charge in [-0.2, -0.15) is 0 Å². The van der Waals surface area contributed by atoms with Gasteiger partial charge in [-0.05, 0) is 29.7 Å². The molecule has 0 spiro atoms. The predicted octanol–water partition coefficient (Wildman–Crippen LogP) is 3.78. The molecular weight excluding hydrogens is 399 g/mol. The van der Waals surface area contributed by atoms with Gasteiger partial charge in [-0.25, -0.2) is 18.1 Å². The summed E-state index contributed by atoms with van der Waals surface area (Å²) in [5.41, 5.74) is 1.41. The minimum absolute atomic E-state index is 0.0526. The number of carbonyl (C=O) groups excluding carboxylic acids is 1. The molecular formula is C17H18Cl2N2O4S. The van der Waals surface area contributed by atoms with Crippen LogP contribution in [0.3, 0.4) is 0 Å². The maximum atomic E-state index is 11.9. The van der Waals surface area contributed by atoms with Gasteiger partial charge in [-0.1, -0.05) is 43.1 Å². The van der Waals surface area contributed by atoms with E-state index in [1.807, 2.05) is 18.6 Å². The summed E-state index contributed by atoms with van der Waals surface area (Å²) < 4.78 is 29.7. The molecule has 26 heavy (non-hydrogen) atoms. The van der Waals surface area contributed by atoms with Gasteiger partial charge in [0.25, 0.3) is 5.91 Å². The zero-order chi connectivity index (χ0) is 19.5. The van der Waals surface area contributed by atoms with E-state index in [-0.39, 0.29) is 10.6 Å². The molecule has 1 heterocycles. The van der Waals surface area contributed by atoms with Crippen molar-refractivity contribution >= 4 is 39.1 Å². The van der Waals surface area contributed by atoms with Crippen molar-refractivity contribution in [1.82, 2.24) is 9.71 Å². The Balaban J connectivity index is 2.26. The van der Waals surface area contributed by atoms with Crippen LogP contribution in [0.5, 0.6) is 5.88 Å². The summed E-state index contributed by atoms with van der Waals surface area (Å²) in [4.78, 5) is 16.1. The molecule has 1 amide bonds. The van der Waals surface area contributed by atoms with E-state index >= 15 is 0 Å². The van der Waals surface area contributed by atoms with Crippen molar-refractivity contribution in [3.8, 4) is 17.0 Å². The van der Waals surface area contributed by atoms with Gasteiger partial charge in [-0.3, -0.25) is 4.79 Å². The molecule has 0 bridgehead atoms. The standard InChI is InChI=1S/C17H18Cl2N2O4S/c1-10(2)9-25-17-15(19)7-12(8-20-17)11-4-5-13(14(18)6-11)16(22)21-26(3,23)24/h4-8,10H,9H2,1-3H3,(H,21,22). The molecule has 9 heteroatoms. The van der Waals surface area contributed by atoms with Gasteiger partial charge < -0.3 is 4.74 Å². The first-order chi connectivity index (χ1) is 12.1. The Morgan fingerprint density at radius 2 is 1.85 bits per heavy atom. The number of nitrogens with one attached hydrogen (secondary N) is 1. The summed E-state index contributed by atoms with van der Waals surface area (Å²) in [5.74, 6) is -0.103. The second kappa shape index (κ2) is 8.24. The van der Waals surface area contributed by atoms with Crippen molar-refractivity contribution in [2.45, 2.75) is 13.8 Å². The van der Waals surface area contributed by atoms with Crippen molar-refractivity contribution in [1.29, 1.82) is 0 Å².